The molecule has 0 bridgehead atoms. The molecular weight excluding hydrogens is 234 g/mol. The van der Waals surface area contributed by atoms with Crippen molar-refractivity contribution in [2.45, 2.75) is 38.6 Å². The molecule has 1 unspecified atom stereocenters. The molecule has 3 rings (SSSR count). The third-order valence-corrected chi connectivity index (χ3v) is 4.03. The first-order valence-electron chi connectivity index (χ1n) is 7.10. The summed E-state index contributed by atoms with van der Waals surface area (Å²) in [6.07, 6.45) is 6.92. The number of nitrogens with one attached hydrogen (secondary N) is 1. The number of rotatable bonds is 2. The summed E-state index contributed by atoms with van der Waals surface area (Å²) in [4.78, 5) is 0. The fraction of sp³-hybridized carbons (Fsp3) is 0.438. The van der Waals surface area contributed by atoms with Crippen LogP contribution in [0.15, 0.2) is 30.5 Å². The Kier molecular flexibility index (Phi) is 3.38. The number of aromatic nitrogens is 2. The van der Waals surface area contributed by atoms with Crippen LogP contribution in [-0.4, -0.2) is 16.8 Å². The zero-order valence-corrected chi connectivity index (χ0v) is 11.7. The Morgan fingerprint density at radius 2 is 2.21 bits per heavy atom. The number of hydrogen-bond acceptors (Lipinski definition) is 2. The third-order valence-electron chi connectivity index (χ3n) is 4.03. The molecule has 1 heterocycles. The molecule has 2 aromatic rings. The first-order valence-corrected chi connectivity index (χ1v) is 7.10. The van der Waals surface area contributed by atoms with Crippen molar-refractivity contribution in [3.63, 3.8) is 0 Å². The molecule has 0 amide bonds. The molecule has 1 atom stereocenters. The monoisotopic (exact) mass is 255 g/mol. The highest BCUT2D eigenvalue weighted by molar-refractivity contribution is 5.39. The molecule has 0 saturated carbocycles. The molecule has 1 N–H and O–H groups in total. The number of benzene rings is 1. The second kappa shape index (κ2) is 5.17. The van der Waals surface area contributed by atoms with E-state index in [-0.39, 0.29) is 0 Å². The highest BCUT2D eigenvalue weighted by atomic mass is 15.3. The van der Waals surface area contributed by atoms with Crippen molar-refractivity contribution < 1.29 is 0 Å². The normalized spacial score (nSPS) is 18.9. The van der Waals surface area contributed by atoms with E-state index in [1.54, 1.807) is 0 Å². The number of hydrogen-bond donors (Lipinski definition) is 1. The van der Waals surface area contributed by atoms with Crippen molar-refractivity contribution in [2.24, 2.45) is 0 Å². The maximum Gasteiger partial charge on any atom is 0.0651 e. The van der Waals surface area contributed by atoms with Gasteiger partial charge in [0.05, 0.1) is 11.9 Å². The first kappa shape index (κ1) is 12.4. The van der Waals surface area contributed by atoms with Crippen molar-refractivity contribution in [1.82, 2.24) is 15.1 Å². The highest BCUT2D eigenvalue weighted by Gasteiger charge is 2.21. The van der Waals surface area contributed by atoms with E-state index in [1.165, 1.54) is 41.8 Å². The van der Waals surface area contributed by atoms with Crippen LogP contribution < -0.4 is 5.32 Å². The Morgan fingerprint density at radius 1 is 1.32 bits per heavy atom. The van der Waals surface area contributed by atoms with E-state index in [1.807, 2.05) is 13.2 Å². The van der Waals surface area contributed by atoms with Crippen molar-refractivity contribution in [2.75, 3.05) is 7.05 Å². The molecule has 3 nitrogen and oxygen atoms in total. The summed E-state index contributed by atoms with van der Waals surface area (Å²) < 4.78 is 2.12. The Balaban J connectivity index is 2.07. The molecule has 0 fully saturated rings. The SMILES string of the molecule is CNC1CCCCc2c1cnn2-c1cccc(C)c1. The Morgan fingerprint density at radius 3 is 3.00 bits per heavy atom. The van der Waals surface area contributed by atoms with Gasteiger partial charge in [0.2, 0.25) is 0 Å². The van der Waals surface area contributed by atoms with Crippen LogP contribution in [0, 0.1) is 6.92 Å². The first-order chi connectivity index (χ1) is 9.29. The summed E-state index contributed by atoms with van der Waals surface area (Å²) in [5, 5.41) is 8.05. The van der Waals surface area contributed by atoms with Gasteiger partial charge < -0.3 is 5.32 Å². The molecule has 1 aliphatic carbocycles. The van der Waals surface area contributed by atoms with E-state index >= 15 is 0 Å². The molecule has 19 heavy (non-hydrogen) atoms. The van der Waals surface area contributed by atoms with E-state index in [2.05, 4.69) is 46.3 Å². The zero-order valence-electron chi connectivity index (χ0n) is 11.7. The lowest BCUT2D eigenvalue weighted by Crippen LogP contribution is -2.16. The quantitative estimate of drug-likeness (QED) is 0.835. The van der Waals surface area contributed by atoms with Crippen LogP contribution in [0.3, 0.4) is 0 Å². The van der Waals surface area contributed by atoms with Crippen LogP contribution in [0.1, 0.15) is 42.1 Å². The van der Waals surface area contributed by atoms with Gasteiger partial charge in [0, 0.05) is 17.3 Å². The van der Waals surface area contributed by atoms with Crippen molar-refractivity contribution in [3.05, 3.63) is 47.3 Å². The van der Waals surface area contributed by atoms with Gasteiger partial charge >= 0.3 is 0 Å². The van der Waals surface area contributed by atoms with Crippen LogP contribution in [-0.2, 0) is 6.42 Å². The molecule has 0 radical (unpaired) electrons. The van der Waals surface area contributed by atoms with Gasteiger partial charge in [0.1, 0.15) is 0 Å². The van der Waals surface area contributed by atoms with Crippen LogP contribution in [0.25, 0.3) is 5.69 Å². The Hall–Kier alpha value is -1.61. The van der Waals surface area contributed by atoms with E-state index in [0.29, 0.717) is 6.04 Å². The van der Waals surface area contributed by atoms with E-state index in [0.717, 1.165) is 6.42 Å². The van der Waals surface area contributed by atoms with Gasteiger partial charge in [0.25, 0.3) is 0 Å². The fourth-order valence-corrected chi connectivity index (χ4v) is 3.01. The molecule has 3 heteroatoms. The second-order valence-electron chi connectivity index (χ2n) is 5.38. The fourth-order valence-electron chi connectivity index (χ4n) is 3.01. The average Bonchev–Trinajstić information content (AvgIpc) is 2.72. The molecule has 0 aliphatic heterocycles. The smallest absolute Gasteiger partial charge is 0.0651 e. The van der Waals surface area contributed by atoms with E-state index < -0.39 is 0 Å². The molecular formula is C16H21N3. The summed E-state index contributed by atoms with van der Waals surface area (Å²) in [5.74, 6) is 0. The van der Waals surface area contributed by atoms with Gasteiger partial charge in [-0.25, -0.2) is 4.68 Å². The second-order valence-corrected chi connectivity index (χ2v) is 5.38. The summed E-state index contributed by atoms with van der Waals surface area (Å²) >= 11 is 0. The van der Waals surface area contributed by atoms with Crippen molar-refractivity contribution in [3.8, 4) is 5.69 Å². The Labute approximate surface area is 114 Å². The van der Waals surface area contributed by atoms with Crippen LogP contribution in [0.4, 0.5) is 0 Å². The molecule has 1 aromatic heterocycles. The minimum absolute atomic E-state index is 0.455. The lowest BCUT2D eigenvalue weighted by Gasteiger charge is -2.13. The van der Waals surface area contributed by atoms with Crippen LogP contribution >= 0.6 is 0 Å². The molecule has 0 saturated heterocycles. The lowest BCUT2D eigenvalue weighted by molar-refractivity contribution is 0.533. The van der Waals surface area contributed by atoms with E-state index in [4.69, 9.17) is 0 Å². The summed E-state index contributed by atoms with van der Waals surface area (Å²) in [6, 6.07) is 9.02. The van der Waals surface area contributed by atoms with Crippen molar-refractivity contribution in [1.29, 1.82) is 0 Å². The predicted octanol–water partition coefficient (Wildman–Crippen LogP) is 3.17. The average molecular weight is 255 g/mol. The largest absolute Gasteiger partial charge is 0.313 e. The highest BCUT2D eigenvalue weighted by Crippen LogP contribution is 2.29. The topological polar surface area (TPSA) is 29.9 Å². The molecule has 1 aliphatic rings. The minimum Gasteiger partial charge on any atom is -0.313 e. The summed E-state index contributed by atoms with van der Waals surface area (Å²) in [5.41, 5.74) is 5.21. The zero-order chi connectivity index (χ0) is 13.2. The predicted molar refractivity (Wildman–Crippen MR) is 77.7 cm³/mol. The maximum absolute atomic E-state index is 4.63. The maximum atomic E-state index is 4.63. The van der Waals surface area contributed by atoms with E-state index in [9.17, 15) is 0 Å². The number of fused-ring (bicyclic) bond motifs is 1. The standard InChI is InChI=1S/C16H21N3/c1-12-6-5-7-13(10-12)19-16-9-4-3-8-15(17-2)14(16)11-18-19/h5-7,10-11,15,17H,3-4,8-9H2,1-2H3. The van der Waals surface area contributed by atoms with Gasteiger partial charge in [0.15, 0.2) is 0 Å². The van der Waals surface area contributed by atoms with Gasteiger partial charge in [-0.15, -0.1) is 0 Å². The van der Waals surface area contributed by atoms with Gasteiger partial charge in [-0.3, -0.25) is 0 Å². The van der Waals surface area contributed by atoms with Gasteiger partial charge in [-0.05, 0) is 50.9 Å². The van der Waals surface area contributed by atoms with Crippen LogP contribution in [0.2, 0.25) is 0 Å². The van der Waals surface area contributed by atoms with Gasteiger partial charge in [-0.2, -0.15) is 5.10 Å². The third kappa shape index (κ3) is 2.30. The minimum atomic E-state index is 0.455. The Bertz CT molecular complexity index is 571. The van der Waals surface area contributed by atoms with Crippen molar-refractivity contribution >= 4 is 0 Å². The summed E-state index contributed by atoms with van der Waals surface area (Å²) in [7, 11) is 2.05. The van der Waals surface area contributed by atoms with Crippen LogP contribution in [0.5, 0.6) is 0 Å². The molecule has 0 spiro atoms. The molecule has 100 valence electrons. The number of aryl methyl sites for hydroxylation is 1. The van der Waals surface area contributed by atoms with Gasteiger partial charge in [-0.1, -0.05) is 18.6 Å². The summed E-state index contributed by atoms with van der Waals surface area (Å²) in [6.45, 7) is 2.13. The molecule has 1 aromatic carbocycles. The number of nitrogens with zero attached hydrogens (tertiary/aromatic N) is 2. The lowest BCUT2D eigenvalue weighted by atomic mass is 10.1.